The highest BCUT2D eigenvalue weighted by molar-refractivity contribution is 7.10. The molecule has 1 aromatic carbocycles. The van der Waals surface area contributed by atoms with Crippen LogP contribution in [0.25, 0.3) is 0 Å². The number of halogens is 3. The van der Waals surface area contributed by atoms with Gasteiger partial charge < -0.3 is 10.0 Å². The van der Waals surface area contributed by atoms with E-state index in [4.69, 9.17) is 5.11 Å². The lowest BCUT2D eigenvalue weighted by Crippen LogP contribution is -2.24. The number of anilines is 1. The number of thiophene rings is 1. The highest BCUT2D eigenvalue weighted by Crippen LogP contribution is 2.39. The van der Waals surface area contributed by atoms with Crippen molar-refractivity contribution in [3.63, 3.8) is 0 Å². The highest BCUT2D eigenvalue weighted by Gasteiger charge is 2.35. The van der Waals surface area contributed by atoms with Crippen molar-refractivity contribution in [2.75, 3.05) is 11.9 Å². The summed E-state index contributed by atoms with van der Waals surface area (Å²) in [4.78, 5) is 2.60. The van der Waals surface area contributed by atoms with Gasteiger partial charge in [0.05, 0.1) is 18.2 Å². The summed E-state index contributed by atoms with van der Waals surface area (Å²) in [6.45, 7) is 1.46. The van der Waals surface area contributed by atoms with Gasteiger partial charge in [0.1, 0.15) is 0 Å². The van der Waals surface area contributed by atoms with Gasteiger partial charge in [0.25, 0.3) is 0 Å². The van der Waals surface area contributed by atoms with E-state index in [1.807, 2.05) is 24.4 Å². The Morgan fingerprint density at radius 3 is 2.52 bits per heavy atom. The molecule has 0 bridgehead atoms. The molecular formula is C15H16F3NOS. The zero-order chi connectivity index (χ0) is 15.6. The maximum Gasteiger partial charge on any atom is 0.418 e. The van der Waals surface area contributed by atoms with E-state index in [1.54, 1.807) is 11.9 Å². The molecule has 114 valence electrons. The summed E-state index contributed by atoms with van der Waals surface area (Å²) in [6.07, 6.45) is -4.45. The molecule has 0 saturated heterocycles. The molecule has 6 heteroatoms. The van der Waals surface area contributed by atoms with Gasteiger partial charge in [0.15, 0.2) is 0 Å². The van der Waals surface area contributed by atoms with E-state index in [0.29, 0.717) is 0 Å². The quantitative estimate of drug-likeness (QED) is 0.900. The van der Waals surface area contributed by atoms with Crippen molar-refractivity contribution in [3.05, 3.63) is 51.7 Å². The van der Waals surface area contributed by atoms with E-state index in [-0.39, 0.29) is 17.3 Å². The molecular weight excluding hydrogens is 299 g/mol. The first-order valence-corrected chi connectivity index (χ1v) is 7.29. The van der Waals surface area contributed by atoms with Crippen molar-refractivity contribution in [2.24, 2.45) is 0 Å². The molecule has 0 saturated carbocycles. The van der Waals surface area contributed by atoms with Gasteiger partial charge in [-0.2, -0.15) is 13.2 Å². The predicted molar refractivity (Wildman–Crippen MR) is 78.5 cm³/mol. The van der Waals surface area contributed by atoms with Crippen LogP contribution in [0.15, 0.2) is 35.7 Å². The van der Waals surface area contributed by atoms with Gasteiger partial charge in [-0.05, 0) is 36.1 Å². The minimum Gasteiger partial charge on any atom is -0.392 e. The SMILES string of the molecule is CC(c1cccs1)N(C)c1ccc(CO)cc1C(F)(F)F. The normalized spacial score (nSPS) is 13.2. The fourth-order valence-electron chi connectivity index (χ4n) is 2.14. The van der Waals surface area contributed by atoms with E-state index >= 15 is 0 Å². The lowest BCUT2D eigenvalue weighted by Gasteiger charge is -2.29. The van der Waals surface area contributed by atoms with E-state index in [1.165, 1.54) is 23.5 Å². The van der Waals surface area contributed by atoms with Gasteiger partial charge in [-0.15, -0.1) is 11.3 Å². The molecule has 0 fully saturated rings. The molecule has 2 nitrogen and oxygen atoms in total. The van der Waals surface area contributed by atoms with Crippen molar-refractivity contribution in [3.8, 4) is 0 Å². The predicted octanol–water partition coefficient (Wildman–Crippen LogP) is 4.46. The molecule has 0 spiro atoms. The van der Waals surface area contributed by atoms with Crippen molar-refractivity contribution >= 4 is 17.0 Å². The number of alkyl halides is 3. The molecule has 1 heterocycles. The molecule has 0 amide bonds. The van der Waals surface area contributed by atoms with Gasteiger partial charge in [-0.25, -0.2) is 0 Å². The fourth-order valence-corrected chi connectivity index (χ4v) is 2.97. The largest absolute Gasteiger partial charge is 0.418 e. The number of benzene rings is 1. The lowest BCUT2D eigenvalue weighted by atomic mass is 10.1. The third kappa shape index (κ3) is 3.39. The van der Waals surface area contributed by atoms with Crippen LogP contribution in [0.2, 0.25) is 0 Å². The molecule has 0 aliphatic rings. The molecule has 0 aliphatic heterocycles. The van der Waals surface area contributed by atoms with Crippen LogP contribution in [0.3, 0.4) is 0 Å². The number of nitrogens with zero attached hydrogens (tertiary/aromatic N) is 1. The number of hydrogen-bond acceptors (Lipinski definition) is 3. The molecule has 0 aliphatic carbocycles. The smallest absolute Gasteiger partial charge is 0.392 e. The van der Waals surface area contributed by atoms with Crippen LogP contribution >= 0.6 is 11.3 Å². The van der Waals surface area contributed by atoms with Crippen molar-refractivity contribution < 1.29 is 18.3 Å². The van der Waals surface area contributed by atoms with E-state index in [9.17, 15) is 13.2 Å². The number of aliphatic hydroxyl groups is 1. The third-order valence-electron chi connectivity index (χ3n) is 3.46. The average molecular weight is 315 g/mol. The Morgan fingerprint density at radius 2 is 2.00 bits per heavy atom. The summed E-state index contributed by atoms with van der Waals surface area (Å²) in [5, 5.41) is 10.9. The van der Waals surface area contributed by atoms with Gasteiger partial charge in [0.2, 0.25) is 0 Å². The fraction of sp³-hybridized carbons (Fsp3) is 0.333. The molecule has 1 unspecified atom stereocenters. The van der Waals surface area contributed by atoms with Crippen LogP contribution < -0.4 is 4.90 Å². The summed E-state index contributed by atoms with van der Waals surface area (Å²) >= 11 is 1.51. The number of aliphatic hydroxyl groups excluding tert-OH is 1. The molecule has 1 aromatic heterocycles. The van der Waals surface area contributed by atoms with Crippen molar-refractivity contribution in [1.29, 1.82) is 0 Å². The van der Waals surface area contributed by atoms with Crippen LogP contribution in [0.4, 0.5) is 18.9 Å². The first-order chi connectivity index (χ1) is 9.84. The molecule has 1 N–H and O–H groups in total. The van der Waals surface area contributed by atoms with Gasteiger partial charge in [-0.1, -0.05) is 12.1 Å². The van der Waals surface area contributed by atoms with Crippen LogP contribution in [0.1, 0.15) is 29.0 Å². The molecule has 1 atom stereocenters. The number of hydrogen-bond donors (Lipinski definition) is 1. The van der Waals surface area contributed by atoms with Gasteiger partial charge in [0, 0.05) is 17.6 Å². The molecule has 0 radical (unpaired) electrons. The molecule has 21 heavy (non-hydrogen) atoms. The highest BCUT2D eigenvalue weighted by atomic mass is 32.1. The van der Waals surface area contributed by atoms with E-state index < -0.39 is 18.3 Å². The first-order valence-electron chi connectivity index (χ1n) is 6.41. The number of rotatable bonds is 4. The Labute approximate surface area is 125 Å². The summed E-state index contributed by atoms with van der Waals surface area (Å²) in [5.74, 6) is 0. The van der Waals surface area contributed by atoms with E-state index in [0.717, 1.165) is 10.9 Å². The van der Waals surface area contributed by atoms with E-state index in [2.05, 4.69) is 0 Å². The first kappa shape index (κ1) is 15.9. The minimum absolute atomic E-state index is 0.112. The van der Waals surface area contributed by atoms with Crippen LogP contribution in [-0.2, 0) is 12.8 Å². The van der Waals surface area contributed by atoms with Crippen LogP contribution in [0.5, 0.6) is 0 Å². The van der Waals surface area contributed by atoms with Gasteiger partial charge >= 0.3 is 6.18 Å². The minimum atomic E-state index is -4.45. The Morgan fingerprint density at radius 1 is 1.29 bits per heavy atom. The maximum absolute atomic E-state index is 13.2. The topological polar surface area (TPSA) is 23.5 Å². The zero-order valence-electron chi connectivity index (χ0n) is 11.7. The Bertz CT molecular complexity index is 595. The third-order valence-corrected chi connectivity index (χ3v) is 4.51. The summed E-state index contributed by atoms with van der Waals surface area (Å²) < 4.78 is 39.7. The zero-order valence-corrected chi connectivity index (χ0v) is 12.5. The lowest BCUT2D eigenvalue weighted by molar-refractivity contribution is -0.137. The Balaban J connectivity index is 2.43. The van der Waals surface area contributed by atoms with Gasteiger partial charge in [-0.3, -0.25) is 0 Å². The monoisotopic (exact) mass is 315 g/mol. The van der Waals surface area contributed by atoms with Crippen molar-refractivity contribution in [1.82, 2.24) is 0 Å². The van der Waals surface area contributed by atoms with Crippen LogP contribution in [0, 0.1) is 0 Å². The molecule has 2 rings (SSSR count). The van der Waals surface area contributed by atoms with Crippen LogP contribution in [-0.4, -0.2) is 12.2 Å². The summed E-state index contributed by atoms with van der Waals surface area (Å²) in [7, 11) is 1.65. The molecule has 2 aromatic rings. The standard InChI is InChI=1S/C15H16F3NOS/c1-10(14-4-3-7-21-14)19(2)13-6-5-11(9-20)8-12(13)15(16,17)18/h3-8,10,20H,9H2,1-2H3. The Kier molecular flexibility index (Phi) is 4.58. The maximum atomic E-state index is 13.2. The Hall–Kier alpha value is -1.53. The second kappa shape index (κ2) is 6.07. The average Bonchev–Trinajstić information content (AvgIpc) is 2.98. The summed E-state index contributed by atoms with van der Waals surface area (Å²) in [5.41, 5.74) is -0.358. The van der Waals surface area contributed by atoms with Crippen molar-refractivity contribution in [2.45, 2.75) is 25.7 Å². The summed E-state index contributed by atoms with van der Waals surface area (Å²) in [6, 6.07) is 7.56. The second-order valence-corrected chi connectivity index (χ2v) is 5.79. The second-order valence-electron chi connectivity index (χ2n) is 4.81.